The molecule has 1 N–H and O–H groups in total. The molecule has 5 heteroatoms. The molecule has 0 saturated carbocycles. The van der Waals surface area contributed by atoms with Gasteiger partial charge in [0.2, 0.25) is 0 Å². The zero-order valence-electron chi connectivity index (χ0n) is 8.57. The molecule has 14 heavy (non-hydrogen) atoms. The van der Waals surface area contributed by atoms with Crippen LogP contribution in [0.25, 0.3) is 11.0 Å². The normalized spacial score (nSPS) is 10.8. The predicted molar refractivity (Wildman–Crippen MR) is 55.3 cm³/mol. The Labute approximate surface area is 82.2 Å². The van der Waals surface area contributed by atoms with Crippen molar-refractivity contribution >= 4 is 16.9 Å². The first-order chi connectivity index (χ1) is 6.77. The summed E-state index contributed by atoms with van der Waals surface area (Å²) in [6, 6.07) is 0. The Morgan fingerprint density at radius 2 is 2.21 bits per heavy atom. The number of fused-ring (bicyclic) bond motifs is 1. The van der Waals surface area contributed by atoms with Crippen LogP contribution in [0.15, 0.2) is 6.33 Å². The molecule has 0 unspecified atom stereocenters. The molecular weight excluding hydrogens is 178 g/mol. The van der Waals surface area contributed by atoms with Gasteiger partial charge in [-0.3, -0.25) is 4.68 Å². The first-order valence-electron chi connectivity index (χ1n) is 4.63. The highest BCUT2D eigenvalue weighted by atomic mass is 15.3. The van der Waals surface area contributed by atoms with Gasteiger partial charge in [-0.25, -0.2) is 9.97 Å². The summed E-state index contributed by atoms with van der Waals surface area (Å²) in [5, 5.41) is 7.44. The topological polar surface area (TPSA) is 55.6 Å². The third-order valence-electron chi connectivity index (χ3n) is 2.23. The van der Waals surface area contributed by atoms with Gasteiger partial charge in [0.25, 0.3) is 0 Å². The second kappa shape index (κ2) is 3.25. The minimum absolute atomic E-state index is 0.826. The fourth-order valence-corrected chi connectivity index (χ4v) is 1.58. The lowest BCUT2D eigenvalue weighted by Crippen LogP contribution is -2.01. The van der Waals surface area contributed by atoms with Crippen LogP contribution in [0.5, 0.6) is 0 Å². The van der Waals surface area contributed by atoms with Crippen molar-refractivity contribution in [3.05, 3.63) is 12.0 Å². The number of rotatable bonds is 2. The van der Waals surface area contributed by atoms with Gasteiger partial charge in [-0.05, 0) is 13.8 Å². The van der Waals surface area contributed by atoms with Crippen LogP contribution in [0, 0.1) is 6.92 Å². The molecule has 0 aliphatic carbocycles. The Hall–Kier alpha value is -1.65. The molecule has 2 aromatic heterocycles. The van der Waals surface area contributed by atoms with Crippen LogP contribution < -0.4 is 5.32 Å². The fourth-order valence-electron chi connectivity index (χ4n) is 1.58. The van der Waals surface area contributed by atoms with Crippen LogP contribution in [0.1, 0.15) is 12.6 Å². The molecule has 0 atom stereocenters. The maximum atomic E-state index is 4.39. The van der Waals surface area contributed by atoms with Crippen molar-refractivity contribution in [2.45, 2.75) is 20.4 Å². The Morgan fingerprint density at radius 3 is 2.86 bits per heavy atom. The summed E-state index contributed by atoms with van der Waals surface area (Å²) < 4.78 is 1.91. The first-order valence-corrected chi connectivity index (χ1v) is 4.63. The second-order valence-electron chi connectivity index (χ2n) is 3.07. The van der Waals surface area contributed by atoms with E-state index in [2.05, 4.69) is 27.3 Å². The van der Waals surface area contributed by atoms with E-state index in [1.54, 1.807) is 6.33 Å². The monoisotopic (exact) mass is 191 g/mol. The van der Waals surface area contributed by atoms with Gasteiger partial charge >= 0.3 is 0 Å². The number of anilines is 1. The van der Waals surface area contributed by atoms with Crippen LogP contribution in [-0.2, 0) is 6.54 Å². The summed E-state index contributed by atoms with van der Waals surface area (Å²) in [6.45, 7) is 4.84. The van der Waals surface area contributed by atoms with E-state index in [0.29, 0.717) is 0 Å². The molecule has 0 bridgehead atoms. The molecule has 0 radical (unpaired) electrons. The van der Waals surface area contributed by atoms with Crippen LogP contribution >= 0.6 is 0 Å². The molecule has 2 heterocycles. The van der Waals surface area contributed by atoms with Gasteiger partial charge in [0, 0.05) is 13.6 Å². The highest BCUT2D eigenvalue weighted by Crippen LogP contribution is 2.20. The molecule has 0 aromatic carbocycles. The van der Waals surface area contributed by atoms with E-state index < -0.39 is 0 Å². The summed E-state index contributed by atoms with van der Waals surface area (Å²) in [6.07, 6.45) is 1.56. The number of nitrogens with zero attached hydrogens (tertiary/aromatic N) is 4. The summed E-state index contributed by atoms with van der Waals surface area (Å²) in [7, 11) is 1.85. The van der Waals surface area contributed by atoms with E-state index in [4.69, 9.17) is 0 Å². The van der Waals surface area contributed by atoms with Crippen molar-refractivity contribution < 1.29 is 0 Å². The summed E-state index contributed by atoms with van der Waals surface area (Å²) in [5.41, 5.74) is 2.85. The van der Waals surface area contributed by atoms with E-state index in [1.165, 1.54) is 0 Å². The third kappa shape index (κ3) is 1.13. The Morgan fingerprint density at radius 1 is 1.43 bits per heavy atom. The molecule has 2 rings (SSSR count). The highest BCUT2D eigenvalue weighted by molar-refractivity contribution is 5.87. The molecule has 5 nitrogen and oxygen atoms in total. The summed E-state index contributed by atoms with van der Waals surface area (Å²) in [4.78, 5) is 8.39. The van der Waals surface area contributed by atoms with Crippen molar-refractivity contribution in [2.24, 2.45) is 0 Å². The number of hydrogen-bond acceptors (Lipinski definition) is 4. The van der Waals surface area contributed by atoms with Gasteiger partial charge in [-0.1, -0.05) is 0 Å². The van der Waals surface area contributed by atoms with Crippen molar-refractivity contribution in [1.29, 1.82) is 0 Å². The van der Waals surface area contributed by atoms with Crippen molar-refractivity contribution in [2.75, 3.05) is 12.4 Å². The molecule has 0 saturated heterocycles. The largest absolute Gasteiger partial charge is 0.371 e. The predicted octanol–water partition coefficient (Wildman–Crippen LogP) is 1.20. The van der Waals surface area contributed by atoms with Crippen LogP contribution in [-0.4, -0.2) is 26.8 Å². The Balaban J connectivity index is 2.82. The number of hydrogen-bond donors (Lipinski definition) is 1. The molecular formula is C9H13N5. The van der Waals surface area contributed by atoms with Gasteiger partial charge in [0.05, 0.1) is 5.69 Å². The van der Waals surface area contributed by atoms with Crippen LogP contribution in [0.4, 0.5) is 5.82 Å². The first kappa shape index (κ1) is 8.93. The molecule has 0 spiro atoms. The standard InChI is InChI=1S/C9H13N5/c1-4-14-8-7(6(2)13-14)11-5-12-9(8)10-3/h5H,4H2,1-3H3,(H,10,11,12). The lowest BCUT2D eigenvalue weighted by atomic mass is 10.3. The van der Waals surface area contributed by atoms with Gasteiger partial charge in [0.1, 0.15) is 17.4 Å². The summed E-state index contributed by atoms with van der Waals surface area (Å²) in [5.74, 6) is 0.831. The molecule has 0 amide bonds. The van der Waals surface area contributed by atoms with E-state index >= 15 is 0 Å². The molecule has 0 aliphatic heterocycles. The minimum atomic E-state index is 0.826. The van der Waals surface area contributed by atoms with Gasteiger partial charge in [-0.2, -0.15) is 5.10 Å². The van der Waals surface area contributed by atoms with Crippen molar-refractivity contribution in [1.82, 2.24) is 19.7 Å². The zero-order chi connectivity index (χ0) is 10.1. The second-order valence-corrected chi connectivity index (χ2v) is 3.07. The smallest absolute Gasteiger partial charge is 0.155 e. The van der Waals surface area contributed by atoms with Crippen LogP contribution in [0.2, 0.25) is 0 Å². The van der Waals surface area contributed by atoms with Gasteiger partial charge in [-0.15, -0.1) is 0 Å². The maximum Gasteiger partial charge on any atom is 0.155 e. The third-order valence-corrected chi connectivity index (χ3v) is 2.23. The average Bonchev–Trinajstić information content (AvgIpc) is 2.56. The minimum Gasteiger partial charge on any atom is -0.371 e. The average molecular weight is 191 g/mol. The summed E-state index contributed by atoms with van der Waals surface area (Å²) >= 11 is 0. The maximum absolute atomic E-state index is 4.39. The van der Waals surface area contributed by atoms with Gasteiger partial charge < -0.3 is 5.32 Å². The highest BCUT2D eigenvalue weighted by Gasteiger charge is 2.11. The van der Waals surface area contributed by atoms with Crippen LogP contribution in [0.3, 0.4) is 0 Å². The van der Waals surface area contributed by atoms with Crippen molar-refractivity contribution in [3.8, 4) is 0 Å². The Kier molecular flexibility index (Phi) is 2.07. The molecule has 2 aromatic rings. The molecule has 74 valence electrons. The quantitative estimate of drug-likeness (QED) is 0.774. The van der Waals surface area contributed by atoms with Gasteiger partial charge in [0.15, 0.2) is 5.82 Å². The van der Waals surface area contributed by atoms with E-state index in [9.17, 15) is 0 Å². The number of aromatic nitrogens is 4. The lowest BCUT2D eigenvalue weighted by molar-refractivity contribution is 0.676. The van der Waals surface area contributed by atoms with Crippen molar-refractivity contribution in [3.63, 3.8) is 0 Å². The molecule has 0 aliphatic rings. The SMILES string of the molecule is CCn1nc(C)c2ncnc(NC)c21. The number of aryl methyl sites for hydroxylation is 2. The molecule has 0 fully saturated rings. The van der Waals surface area contributed by atoms with E-state index in [0.717, 1.165) is 29.1 Å². The lowest BCUT2D eigenvalue weighted by Gasteiger charge is -2.02. The van der Waals surface area contributed by atoms with E-state index in [1.807, 2.05) is 18.7 Å². The number of nitrogens with one attached hydrogen (secondary N) is 1. The van der Waals surface area contributed by atoms with E-state index in [-0.39, 0.29) is 0 Å². The Bertz CT molecular complexity index is 459. The fraction of sp³-hybridized carbons (Fsp3) is 0.444. The zero-order valence-corrected chi connectivity index (χ0v) is 8.57.